The first-order valence-electron chi connectivity index (χ1n) is 14.6. The molecule has 0 radical (unpaired) electrons. The molecule has 4 rings (SSSR count). The third-order valence-electron chi connectivity index (χ3n) is 6.76. The lowest BCUT2D eigenvalue weighted by Crippen LogP contribution is -2.29. The number of rotatable bonds is 14. The van der Waals surface area contributed by atoms with Gasteiger partial charge in [0.15, 0.2) is 0 Å². The Morgan fingerprint density at radius 1 is 0.850 bits per heavy atom. The van der Waals surface area contributed by atoms with Crippen molar-refractivity contribution in [2.24, 2.45) is 0 Å². The van der Waals surface area contributed by atoms with Crippen molar-refractivity contribution in [3.8, 4) is 11.8 Å². The normalized spacial score (nSPS) is 13.1. The highest BCUT2D eigenvalue weighted by Gasteiger charge is 2.15. The quantitative estimate of drug-likeness (QED) is 0.150. The largest absolute Gasteiger partial charge is 0.497 e. The zero-order chi connectivity index (χ0) is 28.6. The predicted molar refractivity (Wildman–Crippen MR) is 165 cm³/mol. The minimum atomic E-state index is 0.306. The van der Waals surface area contributed by atoms with Crippen LogP contribution in [0.3, 0.4) is 0 Å². The zero-order valence-corrected chi connectivity index (χ0v) is 24.6. The highest BCUT2D eigenvalue weighted by Crippen LogP contribution is 2.24. The molecule has 0 unspecified atom stereocenters. The summed E-state index contributed by atoms with van der Waals surface area (Å²) in [5.41, 5.74) is 4.17. The summed E-state index contributed by atoms with van der Waals surface area (Å²) in [6.45, 7) is 11.2. The molecule has 1 aliphatic rings. The van der Waals surface area contributed by atoms with Gasteiger partial charge in [0.1, 0.15) is 17.4 Å². The molecule has 1 aliphatic heterocycles. The van der Waals surface area contributed by atoms with Crippen molar-refractivity contribution in [2.45, 2.75) is 72.5 Å². The third-order valence-corrected chi connectivity index (χ3v) is 6.76. The van der Waals surface area contributed by atoms with E-state index in [1.165, 1.54) is 44.1 Å². The van der Waals surface area contributed by atoms with Crippen LogP contribution < -0.4 is 20.1 Å². The van der Waals surface area contributed by atoms with Crippen LogP contribution in [-0.2, 0) is 19.6 Å². The van der Waals surface area contributed by atoms with Gasteiger partial charge < -0.3 is 25.5 Å². The number of likely N-dealkylation sites (tertiary alicyclic amines) is 1. The lowest BCUT2D eigenvalue weighted by Gasteiger charge is -2.26. The molecular formula is C32H46N6O2. The molecule has 1 fully saturated rings. The van der Waals surface area contributed by atoms with E-state index in [-0.39, 0.29) is 0 Å². The topological polar surface area (TPSA) is 95.4 Å². The van der Waals surface area contributed by atoms with Gasteiger partial charge in [0.05, 0.1) is 19.3 Å². The second-order valence-corrected chi connectivity index (χ2v) is 9.67. The Labute approximate surface area is 240 Å². The third kappa shape index (κ3) is 9.52. The minimum Gasteiger partial charge on any atom is -0.497 e. The molecule has 40 heavy (non-hydrogen) atoms. The van der Waals surface area contributed by atoms with Crippen molar-refractivity contribution in [3.63, 3.8) is 0 Å². The van der Waals surface area contributed by atoms with Gasteiger partial charge in [0.2, 0.25) is 0 Å². The number of piperidine rings is 1. The van der Waals surface area contributed by atoms with Gasteiger partial charge >= 0.3 is 6.01 Å². The lowest BCUT2D eigenvalue weighted by molar-refractivity contribution is 0.221. The van der Waals surface area contributed by atoms with E-state index < -0.39 is 0 Å². The van der Waals surface area contributed by atoms with Crippen molar-refractivity contribution in [1.82, 2.24) is 14.9 Å². The molecule has 2 aromatic carbocycles. The first-order valence-corrected chi connectivity index (χ1v) is 14.6. The molecule has 8 heteroatoms. The highest BCUT2D eigenvalue weighted by molar-refractivity contribution is 5.90. The van der Waals surface area contributed by atoms with E-state index in [1.807, 2.05) is 38.1 Å². The van der Waals surface area contributed by atoms with Gasteiger partial charge in [-0.25, -0.2) is 0 Å². The van der Waals surface area contributed by atoms with Crippen LogP contribution in [0.25, 0.3) is 0 Å². The molecule has 0 spiro atoms. The summed E-state index contributed by atoms with van der Waals surface area (Å²) < 4.78 is 11.1. The Morgan fingerprint density at radius 2 is 1.40 bits per heavy atom. The number of unbranched alkanes of at least 4 members (excludes halogenated alkanes) is 1. The summed E-state index contributed by atoms with van der Waals surface area (Å²) in [4.78, 5) is 11.7. The minimum absolute atomic E-state index is 0.306. The number of nitrogens with zero attached hydrogens (tertiary/aromatic N) is 3. The summed E-state index contributed by atoms with van der Waals surface area (Å²) in [6.07, 6.45) is 7.20. The summed E-state index contributed by atoms with van der Waals surface area (Å²) in [5, 5.41) is 14.9. The Bertz CT molecular complexity index is 1150. The molecule has 3 N–H and O–H groups in total. The molecule has 0 saturated carbocycles. The number of benzene rings is 2. The molecule has 3 aromatic rings. The fraction of sp³-hybridized carbons (Fsp3) is 0.469. The van der Waals surface area contributed by atoms with E-state index >= 15 is 0 Å². The average molecular weight is 547 g/mol. The molecule has 8 nitrogen and oxygen atoms in total. The number of anilines is 2. The molecule has 216 valence electrons. The number of hydrogen-bond donors (Lipinski definition) is 3. The zero-order valence-electron chi connectivity index (χ0n) is 24.6. The number of ether oxygens (including phenoxy) is 2. The summed E-state index contributed by atoms with van der Waals surface area (Å²) in [7, 11) is 1.66. The van der Waals surface area contributed by atoms with Crippen LogP contribution in [0.5, 0.6) is 11.8 Å². The van der Waals surface area contributed by atoms with E-state index in [2.05, 4.69) is 56.7 Å². The number of hydrogen-bond acceptors (Lipinski definition) is 8. The predicted octanol–water partition coefficient (Wildman–Crippen LogP) is 6.90. The number of aromatic nitrogens is 2. The van der Waals surface area contributed by atoms with E-state index in [0.717, 1.165) is 36.3 Å². The van der Waals surface area contributed by atoms with Gasteiger partial charge in [-0.2, -0.15) is 9.97 Å². The fourth-order valence-corrected chi connectivity index (χ4v) is 4.48. The Kier molecular flexibility index (Phi) is 13.2. The smallest absolute Gasteiger partial charge is 0.320 e. The summed E-state index contributed by atoms with van der Waals surface area (Å²) in [5.74, 6) is 1.96. The number of methoxy groups -OCH3 is 1. The summed E-state index contributed by atoms with van der Waals surface area (Å²) in [6, 6.07) is 16.9. The van der Waals surface area contributed by atoms with Crippen molar-refractivity contribution in [2.75, 3.05) is 37.4 Å². The van der Waals surface area contributed by atoms with Gasteiger partial charge in [-0.1, -0.05) is 70.0 Å². The van der Waals surface area contributed by atoms with Gasteiger partial charge in [-0.05, 0) is 61.2 Å². The van der Waals surface area contributed by atoms with Crippen LogP contribution in [0.2, 0.25) is 0 Å². The van der Waals surface area contributed by atoms with Crippen molar-refractivity contribution >= 4 is 17.9 Å². The van der Waals surface area contributed by atoms with Gasteiger partial charge in [-0.15, -0.1) is 0 Å². The maximum absolute atomic E-state index is 8.09. The van der Waals surface area contributed by atoms with Crippen LogP contribution >= 0.6 is 0 Å². The second-order valence-electron chi connectivity index (χ2n) is 9.67. The molecule has 1 saturated heterocycles. The van der Waals surface area contributed by atoms with Crippen LogP contribution in [0, 0.1) is 5.41 Å². The first-order chi connectivity index (χ1) is 19.7. The molecule has 0 aliphatic carbocycles. The van der Waals surface area contributed by atoms with Crippen molar-refractivity contribution in [3.05, 3.63) is 70.8 Å². The van der Waals surface area contributed by atoms with Crippen LogP contribution in [0.15, 0.2) is 48.5 Å². The maximum atomic E-state index is 8.09. The lowest BCUT2D eigenvalue weighted by atomic mass is 10.1. The molecule has 2 heterocycles. The van der Waals surface area contributed by atoms with Crippen molar-refractivity contribution in [1.29, 1.82) is 5.41 Å². The van der Waals surface area contributed by atoms with E-state index in [1.54, 1.807) is 7.11 Å². The van der Waals surface area contributed by atoms with Crippen LogP contribution in [0.4, 0.5) is 11.6 Å². The molecule has 0 atom stereocenters. The van der Waals surface area contributed by atoms with Gasteiger partial charge in [0, 0.05) is 25.8 Å². The van der Waals surface area contributed by atoms with Crippen molar-refractivity contribution < 1.29 is 9.47 Å². The SMILES string of the molecule is CC.CCCCOc1nc(NCc2ccc(CN3CCCCC3)cc2)c(C=N)c(NCc2ccc(OC)cc2)n1. The Morgan fingerprint density at radius 3 is 1.93 bits per heavy atom. The molecule has 0 amide bonds. The van der Waals surface area contributed by atoms with Crippen LogP contribution in [-0.4, -0.2) is 47.9 Å². The highest BCUT2D eigenvalue weighted by atomic mass is 16.5. The van der Waals surface area contributed by atoms with Gasteiger partial charge in [-0.3, -0.25) is 4.90 Å². The molecular weight excluding hydrogens is 500 g/mol. The standard InChI is InChI=1S/C30H40N6O2.C2H6/c1-3-4-18-38-30-34-28(27(19-31)29(35-30)33-21-24-12-14-26(37-2)15-13-24)32-20-23-8-10-25(11-9-23)22-36-16-6-5-7-17-36;1-2/h8-15,19,31H,3-7,16-18,20-22H2,1-2H3,(H2,32,33,34,35);1-2H3. The summed E-state index contributed by atoms with van der Waals surface area (Å²) >= 11 is 0. The van der Waals surface area contributed by atoms with Gasteiger partial charge in [0.25, 0.3) is 0 Å². The van der Waals surface area contributed by atoms with Crippen LogP contribution in [0.1, 0.15) is 75.1 Å². The Balaban J connectivity index is 0.00000216. The fourth-order valence-electron chi connectivity index (χ4n) is 4.48. The van der Waals surface area contributed by atoms with E-state index in [0.29, 0.717) is 42.9 Å². The first kappa shape index (κ1) is 30.9. The molecule has 0 bridgehead atoms. The monoisotopic (exact) mass is 546 g/mol. The average Bonchev–Trinajstić information content (AvgIpc) is 3.01. The van der Waals surface area contributed by atoms with E-state index in [9.17, 15) is 0 Å². The maximum Gasteiger partial charge on any atom is 0.320 e. The Hall–Kier alpha value is -3.65. The van der Waals surface area contributed by atoms with E-state index in [4.69, 9.17) is 14.9 Å². The number of nitrogens with one attached hydrogen (secondary N) is 3. The second kappa shape index (κ2) is 17.1. The molecule has 1 aromatic heterocycles.